The third-order valence-electron chi connectivity index (χ3n) is 3.79. The van der Waals surface area contributed by atoms with Gasteiger partial charge in [0.2, 0.25) is 5.88 Å². The highest BCUT2D eigenvalue weighted by atomic mass is 16.6. The second-order valence-electron chi connectivity index (χ2n) is 5.04. The SMILES string of the molecule is N#CC1=C(N)OC2=C(C(=O)CC2)C1c1cccc([N+](=O)[O-])c1. The van der Waals surface area contributed by atoms with Gasteiger partial charge >= 0.3 is 0 Å². The number of ketones is 1. The normalized spacial score (nSPS) is 20.5. The second-order valence-corrected chi connectivity index (χ2v) is 5.04. The Hall–Kier alpha value is -3.14. The first kappa shape index (κ1) is 13.8. The first-order valence-corrected chi connectivity index (χ1v) is 6.61. The predicted octanol–water partition coefficient (Wildman–Crippen LogP) is 2.02. The van der Waals surface area contributed by atoms with Crippen molar-refractivity contribution in [3.63, 3.8) is 0 Å². The van der Waals surface area contributed by atoms with Gasteiger partial charge in [-0.15, -0.1) is 0 Å². The van der Waals surface area contributed by atoms with Crippen molar-refractivity contribution in [2.75, 3.05) is 0 Å². The maximum Gasteiger partial charge on any atom is 0.269 e. The highest BCUT2D eigenvalue weighted by Gasteiger charge is 2.39. The summed E-state index contributed by atoms with van der Waals surface area (Å²) in [5.41, 5.74) is 6.64. The molecular weight excluding hydrogens is 286 g/mol. The fraction of sp³-hybridized carbons (Fsp3) is 0.200. The highest BCUT2D eigenvalue weighted by Crippen LogP contribution is 2.44. The minimum absolute atomic E-state index is 0.0487. The van der Waals surface area contributed by atoms with Crippen LogP contribution >= 0.6 is 0 Å². The zero-order valence-corrected chi connectivity index (χ0v) is 11.4. The summed E-state index contributed by atoms with van der Waals surface area (Å²) in [5.74, 6) is -0.416. The van der Waals surface area contributed by atoms with Crippen LogP contribution < -0.4 is 5.73 Å². The third-order valence-corrected chi connectivity index (χ3v) is 3.79. The maximum absolute atomic E-state index is 12.1. The van der Waals surface area contributed by atoms with Crippen molar-refractivity contribution >= 4 is 11.5 Å². The first-order valence-electron chi connectivity index (χ1n) is 6.61. The van der Waals surface area contributed by atoms with Gasteiger partial charge in [0.05, 0.1) is 10.8 Å². The summed E-state index contributed by atoms with van der Waals surface area (Å²) in [6.45, 7) is 0. The Morgan fingerprint density at radius 2 is 2.18 bits per heavy atom. The van der Waals surface area contributed by atoms with E-state index in [-0.39, 0.29) is 22.9 Å². The molecule has 0 aromatic heterocycles. The number of nitrogens with zero attached hydrogens (tertiary/aromatic N) is 2. The van der Waals surface area contributed by atoms with Crippen LogP contribution in [0.15, 0.2) is 47.1 Å². The molecule has 3 rings (SSSR count). The van der Waals surface area contributed by atoms with Crippen LogP contribution in [-0.4, -0.2) is 10.7 Å². The average Bonchev–Trinajstić information content (AvgIpc) is 2.86. The van der Waals surface area contributed by atoms with Crippen molar-refractivity contribution in [1.29, 1.82) is 5.26 Å². The number of nitro benzene ring substituents is 1. The fourth-order valence-electron chi connectivity index (χ4n) is 2.83. The van der Waals surface area contributed by atoms with E-state index < -0.39 is 10.8 Å². The number of nitriles is 1. The summed E-state index contributed by atoms with van der Waals surface area (Å²) < 4.78 is 5.37. The van der Waals surface area contributed by atoms with Gasteiger partial charge in [0.15, 0.2) is 5.78 Å². The Bertz CT molecular complexity index is 801. The standard InChI is InChI=1S/C15H11N3O4/c16-7-10-13(8-2-1-3-9(6-8)18(20)21)14-11(19)4-5-12(14)22-15(10)17/h1-3,6,13H,4-5,17H2. The van der Waals surface area contributed by atoms with Gasteiger partial charge in [-0.05, 0) is 5.56 Å². The molecule has 1 aromatic carbocycles. The number of hydrogen-bond donors (Lipinski definition) is 1. The summed E-state index contributed by atoms with van der Waals surface area (Å²) >= 11 is 0. The molecule has 2 aliphatic rings. The van der Waals surface area contributed by atoms with Crippen LogP contribution in [0, 0.1) is 21.4 Å². The number of rotatable bonds is 2. The first-order chi connectivity index (χ1) is 10.5. The van der Waals surface area contributed by atoms with Gasteiger partial charge in [0.1, 0.15) is 17.4 Å². The van der Waals surface area contributed by atoms with E-state index in [2.05, 4.69) is 0 Å². The molecule has 1 unspecified atom stereocenters. The van der Waals surface area contributed by atoms with Crippen LogP contribution in [0.5, 0.6) is 0 Å². The molecule has 0 bridgehead atoms. The number of hydrogen-bond acceptors (Lipinski definition) is 6. The van der Waals surface area contributed by atoms with E-state index in [4.69, 9.17) is 10.5 Å². The van der Waals surface area contributed by atoms with Crippen molar-refractivity contribution in [2.45, 2.75) is 18.8 Å². The van der Waals surface area contributed by atoms with E-state index in [1.807, 2.05) is 6.07 Å². The van der Waals surface area contributed by atoms with Gasteiger partial charge < -0.3 is 10.5 Å². The lowest BCUT2D eigenvalue weighted by atomic mass is 9.83. The monoisotopic (exact) mass is 297 g/mol. The zero-order chi connectivity index (χ0) is 15.9. The summed E-state index contributed by atoms with van der Waals surface area (Å²) in [5, 5.41) is 20.3. The van der Waals surface area contributed by atoms with Crippen LogP contribution in [-0.2, 0) is 9.53 Å². The van der Waals surface area contributed by atoms with Crippen molar-refractivity contribution in [2.24, 2.45) is 5.73 Å². The molecule has 0 fully saturated rings. The lowest BCUT2D eigenvalue weighted by Gasteiger charge is -2.24. The molecule has 110 valence electrons. The lowest BCUT2D eigenvalue weighted by Crippen LogP contribution is -2.21. The van der Waals surface area contributed by atoms with Gasteiger partial charge in [-0.3, -0.25) is 14.9 Å². The molecule has 2 N–H and O–H groups in total. The van der Waals surface area contributed by atoms with Gasteiger partial charge in [-0.2, -0.15) is 5.26 Å². The zero-order valence-electron chi connectivity index (χ0n) is 11.4. The average molecular weight is 297 g/mol. The summed E-state index contributed by atoms with van der Waals surface area (Å²) in [4.78, 5) is 22.6. The molecule has 0 saturated heterocycles. The molecular formula is C15H11N3O4. The van der Waals surface area contributed by atoms with Crippen molar-refractivity contribution in [3.05, 3.63) is 62.7 Å². The maximum atomic E-state index is 12.1. The molecule has 1 aliphatic heterocycles. The fourth-order valence-corrected chi connectivity index (χ4v) is 2.83. The van der Waals surface area contributed by atoms with Crippen molar-refractivity contribution in [3.8, 4) is 6.07 Å². The Labute approximate surface area is 125 Å². The molecule has 0 radical (unpaired) electrons. The summed E-state index contributed by atoms with van der Waals surface area (Å²) in [7, 11) is 0. The molecule has 7 nitrogen and oxygen atoms in total. The number of nitrogens with two attached hydrogens (primary N) is 1. The smallest absolute Gasteiger partial charge is 0.269 e. The van der Waals surface area contributed by atoms with Crippen molar-refractivity contribution in [1.82, 2.24) is 0 Å². The molecule has 7 heteroatoms. The molecule has 1 heterocycles. The molecule has 0 saturated carbocycles. The quantitative estimate of drug-likeness (QED) is 0.658. The topological polar surface area (TPSA) is 119 Å². The number of ether oxygens (including phenoxy) is 1. The largest absolute Gasteiger partial charge is 0.444 e. The van der Waals surface area contributed by atoms with E-state index in [1.54, 1.807) is 6.07 Å². The van der Waals surface area contributed by atoms with Crippen LogP contribution in [0.1, 0.15) is 24.3 Å². The Balaban J connectivity index is 2.18. The van der Waals surface area contributed by atoms with E-state index in [0.29, 0.717) is 29.7 Å². The van der Waals surface area contributed by atoms with E-state index in [9.17, 15) is 20.2 Å². The summed E-state index contributed by atoms with van der Waals surface area (Å²) in [6.07, 6.45) is 0.723. The third kappa shape index (κ3) is 2.02. The number of nitro groups is 1. The Kier molecular flexibility index (Phi) is 3.14. The minimum atomic E-state index is -0.705. The van der Waals surface area contributed by atoms with Crippen LogP contribution in [0.2, 0.25) is 0 Å². The number of Topliss-reactive ketones (excluding diaryl/α,β-unsaturated/α-hetero) is 1. The molecule has 0 amide bonds. The number of non-ortho nitro benzene ring substituents is 1. The van der Waals surface area contributed by atoms with E-state index in [0.717, 1.165) is 0 Å². The molecule has 1 atom stereocenters. The Morgan fingerprint density at radius 3 is 2.86 bits per heavy atom. The number of carbonyl (C=O) groups is 1. The van der Waals surface area contributed by atoms with Gasteiger partial charge in [0, 0.05) is 30.5 Å². The molecule has 1 aliphatic carbocycles. The molecule has 0 spiro atoms. The summed E-state index contributed by atoms with van der Waals surface area (Å²) in [6, 6.07) is 7.83. The van der Waals surface area contributed by atoms with Crippen LogP contribution in [0.4, 0.5) is 5.69 Å². The minimum Gasteiger partial charge on any atom is -0.444 e. The van der Waals surface area contributed by atoms with Crippen LogP contribution in [0.25, 0.3) is 0 Å². The van der Waals surface area contributed by atoms with Crippen molar-refractivity contribution < 1.29 is 14.5 Å². The highest BCUT2D eigenvalue weighted by molar-refractivity contribution is 6.01. The predicted molar refractivity (Wildman–Crippen MR) is 75.0 cm³/mol. The van der Waals surface area contributed by atoms with E-state index in [1.165, 1.54) is 18.2 Å². The number of benzene rings is 1. The number of allylic oxidation sites excluding steroid dienone is 3. The lowest BCUT2D eigenvalue weighted by molar-refractivity contribution is -0.384. The van der Waals surface area contributed by atoms with Gasteiger partial charge in [-0.25, -0.2) is 0 Å². The molecule has 22 heavy (non-hydrogen) atoms. The number of carbonyl (C=O) groups excluding carboxylic acids is 1. The van der Waals surface area contributed by atoms with Gasteiger partial charge in [0.25, 0.3) is 5.69 Å². The molecule has 1 aromatic rings. The van der Waals surface area contributed by atoms with Gasteiger partial charge in [-0.1, -0.05) is 12.1 Å². The second kappa shape index (κ2) is 5.00. The van der Waals surface area contributed by atoms with E-state index >= 15 is 0 Å². The Morgan fingerprint density at radius 1 is 1.41 bits per heavy atom. The van der Waals surface area contributed by atoms with Crippen LogP contribution in [0.3, 0.4) is 0 Å².